The predicted molar refractivity (Wildman–Crippen MR) is 102 cm³/mol. The lowest BCUT2D eigenvalue weighted by atomic mass is 9.89. The highest BCUT2D eigenvalue weighted by molar-refractivity contribution is 5.90. The first-order valence-electron chi connectivity index (χ1n) is 9.16. The van der Waals surface area contributed by atoms with Gasteiger partial charge in [-0.2, -0.15) is 18.3 Å². The van der Waals surface area contributed by atoms with E-state index in [9.17, 15) is 18.0 Å². The van der Waals surface area contributed by atoms with Crippen molar-refractivity contribution < 1.29 is 18.0 Å². The van der Waals surface area contributed by atoms with Crippen LogP contribution in [-0.4, -0.2) is 27.8 Å². The van der Waals surface area contributed by atoms with E-state index in [1.807, 2.05) is 0 Å². The summed E-state index contributed by atoms with van der Waals surface area (Å²) in [6.07, 6.45) is 1.57. The maximum absolute atomic E-state index is 13.0. The summed E-state index contributed by atoms with van der Waals surface area (Å²) >= 11 is 0. The fraction of sp³-hybridized carbons (Fsp3) is 0.474. The van der Waals surface area contributed by atoms with Crippen LogP contribution in [0.2, 0.25) is 0 Å². The minimum absolute atomic E-state index is 0. The van der Waals surface area contributed by atoms with E-state index in [1.165, 1.54) is 25.0 Å². The van der Waals surface area contributed by atoms with Gasteiger partial charge in [0.1, 0.15) is 5.69 Å². The highest BCUT2D eigenvalue weighted by atomic mass is 35.5. The average Bonchev–Trinajstić information content (AvgIpc) is 3.22. The number of piperidine rings is 1. The SMILES string of the molecule is Cl.O=C(CC1CC2CCC(C1)N2)Nc1ccc(-n2nccc2C(F)(F)F)cc1. The van der Waals surface area contributed by atoms with Crippen LogP contribution < -0.4 is 10.6 Å². The molecule has 0 saturated carbocycles. The first kappa shape index (κ1) is 20.7. The molecule has 2 unspecified atom stereocenters. The number of carbonyl (C=O) groups is 1. The van der Waals surface area contributed by atoms with Crippen LogP contribution in [0.3, 0.4) is 0 Å². The monoisotopic (exact) mass is 414 g/mol. The Morgan fingerprint density at radius 3 is 2.39 bits per heavy atom. The fourth-order valence-corrected chi connectivity index (χ4v) is 4.23. The van der Waals surface area contributed by atoms with Crippen molar-refractivity contribution in [3.63, 3.8) is 0 Å². The van der Waals surface area contributed by atoms with Crippen LogP contribution in [0.25, 0.3) is 5.69 Å². The highest BCUT2D eigenvalue weighted by Gasteiger charge is 2.35. The molecule has 1 aromatic carbocycles. The second-order valence-corrected chi connectivity index (χ2v) is 7.40. The molecule has 2 aromatic rings. The summed E-state index contributed by atoms with van der Waals surface area (Å²) in [5.74, 6) is 0.338. The van der Waals surface area contributed by atoms with Crippen molar-refractivity contribution in [3.8, 4) is 5.69 Å². The number of amides is 1. The van der Waals surface area contributed by atoms with Crippen molar-refractivity contribution in [3.05, 3.63) is 42.2 Å². The van der Waals surface area contributed by atoms with Gasteiger partial charge < -0.3 is 10.6 Å². The van der Waals surface area contributed by atoms with Gasteiger partial charge in [-0.05, 0) is 61.9 Å². The normalized spacial score (nSPS) is 23.9. The van der Waals surface area contributed by atoms with Gasteiger partial charge in [0.2, 0.25) is 5.91 Å². The van der Waals surface area contributed by atoms with E-state index in [0.717, 1.165) is 29.8 Å². The summed E-state index contributed by atoms with van der Waals surface area (Å²) in [5, 5.41) is 10.1. The molecule has 3 heterocycles. The number of carbonyl (C=O) groups excluding carboxylic acids is 1. The van der Waals surface area contributed by atoms with Crippen molar-refractivity contribution in [1.29, 1.82) is 0 Å². The Balaban J connectivity index is 0.00000225. The van der Waals surface area contributed by atoms with Crippen molar-refractivity contribution in [2.45, 2.75) is 50.4 Å². The first-order valence-corrected chi connectivity index (χ1v) is 9.16. The second kappa shape index (κ2) is 8.13. The molecule has 0 spiro atoms. The third kappa shape index (κ3) is 4.50. The van der Waals surface area contributed by atoms with E-state index in [4.69, 9.17) is 0 Å². The van der Waals surface area contributed by atoms with Gasteiger partial charge in [0.15, 0.2) is 0 Å². The van der Waals surface area contributed by atoms with Gasteiger partial charge in [0.25, 0.3) is 0 Å². The second-order valence-electron chi connectivity index (χ2n) is 7.40. The number of aromatic nitrogens is 2. The lowest BCUT2D eigenvalue weighted by molar-refractivity contribution is -0.142. The number of fused-ring (bicyclic) bond motifs is 2. The Bertz CT molecular complexity index is 809. The predicted octanol–water partition coefficient (Wildman–Crippen LogP) is 4.17. The molecule has 2 saturated heterocycles. The van der Waals surface area contributed by atoms with E-state index in [-0.39, 0.29) is 18.3 Å². The third-order valence-electron chi connectivity index (χ3n) is 5.37. The molecule has 2 fully saturated rings. The molecule has 0 aliphatic carbocycles. The number of hydrogen-bond acceptors (Lipinski definition) is 3. The number of benzene rings is 1. The summed E-state index contributed by atoms with van der Waals surface area (Å²) in [6, 6.07) is 8.24. The zero-order chi connectivity index (χ0) is 19.0. The molecule has 1 amide bonds. The molecule has 2 atom stereocenters. The standard InChI is InChI=1S/C19H21F3N4O.ClH/c20-19(21,22)17-7-8-23-26(17)16-5-3-13(4-6-16)25-18(27)11-12-9-14-1-2-15(10-12)24-14;/h3-8,12,14-15,24H,1-2,9-11H2,(H,25,27);1H. The van der Waals surface area contributed by atoms with Crippen LogP contribution in [0.15, 0.2) is 36.5 Å². The van der Waals surface area contributed by atoms with E-state index in [2.05, 4.69) is 15.7 Å². The molecular weight excluding hydrogens is 393 g/mol. The molecule has 0 radical (unpaired) electrons. The Morgan fingerprint density at radius 2 is 1.79 bits per heavy atom. The number of halogens is 4. The van der Waals surface area contributed by atoms with E-state index >= 15 is 0 Å². The van der Waals surface area contributed by atoms with Crippen molar-refractivity contribution >= 4 is 24.0 Å². The molecule has 2 aliphatic heterocycles. The molecule has 1 aromatic heterocycles. The average molecular weight is 415 g/mol. The topological polar surface area (TPSA) is 59.0 Å². The maximum atomic E-state index is 13.0. The lowest BCUT2D eigenvalue weighted by Gasteiger charge is -2.28. The van der Waals surface area contributed by atoms with Crippen molar-refractivity contribution in [1.82, 2.24) is 15.1 Å². The van der Waals surface area contributed by atoms with Crippen LogP contribution in [0.5, 0.6) is 0 Å². The summed E-state index contributed by atoms with van der Waals surface area (Å²) in [4.78, 5) is 12.3. The maximum Gasteiger partial charge on any atom is 0.433 e. The van der Waals surface area contributed by atoms with Gasteiger partial charge in [-0.15, -0.1) is 12.4 Å². The summed E-state index contributed by atoms with van der Waals surface area (Å²) in [6.45, 7) is 0. The minimum Gasteiger partial charge on any atom is -0.326 e. The molecule has 5 nitrogen and oxygen atoms in total. The number of alkyl halides is 3. The van der Waals surface area contributed by atoms with Crippen molar-refractivity contribution in [2.24, 2.45) is 5.92 Å². The quantitative estimate of drug-likeness (QED) is 0.789. The largest absolute Gasteiger partial charge is 0.433 e. The summed E-state index contributed by atoms with van der Waals surface area (Å²) in [5.41, 5.74) is 0.0291. The van der Waals surface area contributed by atoms with Gasteiger partial charge >= 0.3 is 6.18 Å². The minimum atomic E-state index is -4.47. The van der Waals surface area contributed by atoms with Gasteiger partial charge in [-0.25, -0.2) is 4.68 Å². The van der Waals surface area contributed by atoms with Gasteiger partial charge in [0, 0.05) is 24.2 Å². The van der Waals surface area contributed by atoms with Crippen LogP contribution in [0.1, 0.15) is 37.8 Å². The zero-order valence-corrected chi connectivity index (χ0v) is 15.9. The molecule has 4 rings (SSSR count). The molecule has 152 valence electrons. The molecule has 2 bridgehead atoms. The number of anilines is 1. The van der Waals surface area contributed by atoms with Crippen LogP contribution in [0.4, 0.5) is 18.9 Å². The van der Waals surface area contributed by atoms with E-state index in [0.29, 0.717) is 35.8 Å². The van der Waals surface area contributed by atoms with Gasteiger partial charge in [0.05, 0.1) is 11.9 Å². The molecular formula is C19H22ClF3N4O. The fourth-order valence-electron chi connectivity index (χ4n) is 4.23. The van der Waals surface area contributed by atoms with E-state index in [1.54, 1.807) is 12.1 Å². The Kier molecular flexibility index (Phi) is 6.00. The smallest absolute Gasteiger partial charge is 0.326 e. The third-order valence-corrected chi connectivity index (χ3v) is 5.37. The van der Waals surface area contributed by atoms with Crippen LogP contribution in [0, 0.1) is 5.92 Å². The molecule has 9 heteroatoms. The zero-order valence-electron chi connectivity index (χ0n) is 15.1. The number of rotatable bonds is 4. The molecule has 2 aliphatic rings. The molecule has 28 heavy (non-hydrogen) atoms. The first-order chi connectivity index (χ1) is 12.9. The number of nitrogens with zero attached hydrogens (tertiary/aromatic N) is 2. The highest BCUT2D eigenvalue weighted by Crippen LogP contribution is 2.33. The Hall–Kier alpha value is -2.06. The summed E-state index contributed by atoms with van der Waals surface area (Å²) < 4.78 is 39.8. The Labute approximate surface area is 167 Å². The van der Waals surface area contributed by atoms with Crippen LogP contribution >= 0.6 is 12.4 Å². The Morgan fingerprint density at radius 1 is 1.14 bits per heavy atom. The van der Waals surface area contributed by atoms with Gasteiger partial charge in [-0.1, -0.05) is 0 Å². The van der Waals surface area contributed by atoms with Crippen molar-refractivity contribution in [2.75, 3.05) is 5.32 Å². The lowest BCUT2D eigenvalue weighted by Crippen LogP contribution is -2.39. The molecule has 2 N–H and O–H groups in total. The van der Waals surface area contributed by atoms with Crippen LogP contribution in [-0.2, 0) is 11.0 Å². The number of nitrogens with one attached hydrogen (secondary N) is 2. The summed E-state index contributed by atoms with van der Waals surface area (Å²) in [7, 11) is 0. The van der Waals surface area contributed by atoms with Gasteiger partial charge in [-0.3, -0.25) is 4.79 Å². The van der Waals surface area contributed by atoms with E-state index < -0.39 is 11.9 Å². The number of hydrogen-bond donors (Lipinski definition) is 2.